The van der Waals surface area contributed by atoms with E-state index in [1.165, 1.54) is 0 Å². The average molecular weight is 545 g/mol. The Balaban J connectivity index is 0.00000480. The maximum absolute atomic E-state index is 11.8. The zero-order valence-corrected chi connectivity index (χ0v) is 21.3. The Morgan fingerprint density at radius 3 is 2.52 bits per heavy atom. The molecule has 3 N–H and O–H groups in total. The zero-order chi connectivity index (χ0) is 22.0. The number of rotatable bonds is 8. The molecule has 31 heavy (non-hydrogen) atoms. The predicted octanol–water partition coefficient (Wildman–Crippen LogP) is 3.01. The molecule has 1 aromatic carbocycles. The summed E-state index contributed by atoms with van der Waals surface area (Å²) in [5, 5.41) is 9.12. The third-order valence-corrected chi connectivity index (χ3v) is 4.39. The molecule has 1 fully saturated rings. The molecule has 8 nitrogen and oxygen atoms in total. The number of guanidine groups is 1. The molecule has 0 unspecified atom stereocenters. The number of carbonyl (C=O) groups excluding carboxylic acids is 2. The molecule has 1 saturated heterocycles. The van der Waals surface area contributed by atoms with Crippen molar-refractivity contribution in [3.63, 3.8) is 0 Å². The van der Waals surface area contributed by atoms with E-state index < -0.39 is 11.7 Å². The highest BCUT2D eigenvalue weighted by Gasteiger charge is 2.20. The molecule has 0 bridgehead atoms. The van der Waals surface area contributed by atoms with Crippen LogP contribution in [-0.2, 0) is 22.6 Å². The maximum Gasteiger partial charge on any atom is 0.407 e. The summed E-state index contributed by atoms with van der Waals surface area (Å²) in [6.45, 7) is 11.2. The maximum atomic E-state index is 11.8. The number of likely N-dealkylation sites (tertiary alicyclic amines) is 1. The van der Waals surface area contributed by atoms with E-state index in [2.05, 4.69) is 27.0 Å². The first-order valence-electron chi connectivity index (χ1n) is 10.6. The van der Waals surface area contributed by atoms with Crippen LogP contribution in [0.4, 0.5) is 4.79 Å². The van der Waals surface area contributed by atoms with Crippen LogP contribution in [0.5, 0.6) is 0 Å². The molecule has 2 rings (SSSR count). The lowest BCUT2D eigenvalue weighted by atomic mass is 10.1. The predicted molar refractivity (Wildman–Crippen MR) is 134 cm³/mol. The molecule has 2 amide bonds. The van der Waals surface area contributed by atoms with Gasteiger partial charge in [-0.05, 0) is 45.2 Å². The number of ether oxygens (including phenoxy) is 1. The molecule has 1 aliphatic heterocycles. The van der Waals surface area contributed by atoms with Crippen molar-refractivity contribution in [2.45, 2.75) is 59.2 Å². The Labute approximate surface area is 202 Å². The summed E-state index contributed by atoms with van der Waals surface area (Å²) < 4.78 is 5.21. The highest BCUT2D eigenvalue weighted by Crippen LogP contribution is 2.15. The number of halogens is 1. The topological polar surface area (TPSA) is 95.1 Å². The fourth-order valence-electron chi connectivity index (χ4n) is 3.09. The first-order chi connectivity index (χ1) is 14.3. The van der Waals surface area contributed by atoms with E-state index >= 15 is 0 Å². The first-order valence-corrected chi connectivity index (χ1v) is 10.6. The second kappa shape index (κ2) is 13.4. The fourth-order valence-corrected chi connectivity index (χ4v) is 3.09. The van der Waals surface area contributed by atoms with Gasteiger partial charge in [0.05, 0.1) is 6.54 Å². The molecule has 0 aliphatic carbocycles. The number of alkyl carbamates (subject to hydrolysis) is 1. The average Bonchev–Trinajstić information content (AvgIpc) is 3.06. The highest BCUT2D eigenvalue weighted by atomic mass is 127. The molecule has 0 atom stereocenters. The molecule has 0 radical (unpaired) electrons. The number of hydrogen-bond donors (Lipinski definition) is 3. The Morgan fingerprint density at radius 1 is 1.16 bits per heavy atom. The summed E-state index contributed by atoms with van der Waals surface area (Å²) in [6, 6.07) is 8.19. The van der Waals surface area contributed by atoms with Gasteiger partial charge in [0, 0.05) is 39.1 Å². The largest absolute Gasteiger partial charge is 0.444 e. The van der Waals surface area contributed by atoms with Gasteiger partial charge in [0.2, 0.25) is 5.91 Å². The number of nitrogens with one attached hydrogen (secondary N) is 3. The van der Waals surface area contributed by atoms with E-state index in [9.17, 15) is 9.59 Å². The van der Waals surface area contributed by atoms with Crippen LogP contribution in [-0.4, -0.2) is 54.6 Å². The number of amides is 2. The van der Waals surface area contributed by atoms with Crippen LogP contribution in [0.15, 0.2) is 29.3 Å². The lowest BCUT2D eigenvalue weighted by Crippen LogP contribution is -2.42. The van der Waals surface area contributed by atoms with Gasteiger partial charge in [0.1, 0.15) is 5.60 Å². The van der Waals surface area contributed by atoms with Crippen molar-refractivity contribution in [2.75, 3.05) is 26.2 Å². The summed E-state index contributed by atoms with van der Waals surface area (Å²) in [6.07, 6.45) is 1.17. The second-order valence-electron chi connectivity index (χ2n) is 8.29. The Morgan fingerprint density at radius 2 is 1.87 bits per heavy atom. The van der Waals surface area contributed by atoms with E-state index in [4.69, 9.17) is 4.74 Å². The molecule has 0 spiro atoms. The summed E-state index contributed by atoms with van der Waals surface area (Å²) in [5.41, 5.74) is 1.70. The second-order valence-corrected chi connectivity index (χ2v) is 8.29. The molecule has 1 aromatic rings. The Bertz CT molecular complexity index is 749. The van der Waals surface area contributed by atoms with Gasteiger partial charge in [-0.25, -0.2) is 9.79 Å². The van der Waals surface area contributed by atoms with Crippen LogP contribution in [0.3, 0.4) is 0 Å². The molecule has 0 saturated carbocycles. The standard InChI is InChI=1S/C22H35N5O3.HI/c1-5-23-20(24-11-12-25-21(29)30-22(2,3)4)26-15-17-8-6-9-18(14-17)16-27-13-7-10-19(27)28;/h6,8-9,14H,5,7,10-13,15-16H2,1-4H3,(H,25,29)(H2,23,24,26);1H. The summed E-state index contributed by atoms with van der Waals surface area (Å²) in [4.78, 5) is 30.0. The van der Waals surface area contributed by atoms with E-state index in [-0.39, 0.29) is 29.9 Å². The lowest BCUT2D eigenvalue weighted by Gasteiger charge is -2.20. The van der Waals surface area contributed by atoms with Gasteiger partial charge in [0.15, 0.2) is 5.96 Å². The van der Waals surface area contributed by atoms with E-state index in [0.29, 0.717) is 38.6 Å². The van der Waals surface area contributed by atoms with Gasteiger partial charge in [-0.2, -0.15) is 0 Å². The smallest absolute Gasteiger partial charge is 0.407 e. The molecule has 174 valence electrons. The minimum absolute atomic E-state index is 0. The molecule has 0 aromatic heterocycles. The van der Waals surface area contributed by atoms with Crippen LogP contribution in [0, 0.1) is 0 Å². The van der Waals surface area contributed by atoms with Crippen LogP contribution in [0.1, 0.15) is 51.7 Å². The molecule has 9 heteroatoms. The third kappa shape index (κ3) is 10.7. The minimum Gasteiger partial charge on any atom is -0.444 e. The quantitative estimate of drug-likeness (QED) is 0.202. The van der Waals surface area contributed by atoms with Crippen LogP contribution >= 0.6 is 24.0 Å². The SMILES string of the molecule is CCNC(=NCc1cccc(CN2CCCC2=O)c1)NCCNC(=O)OC(C)(C)C.I. The van der Waals surface area contributed by atoms with Gasteiger partial charge >= 0.3 is 6.09 Å². The van der Waals surface area contributed by atoms with Crippen molar-refractivity contribution in [1.82, 2.24) is 20.9 Å². The van der Waals surface area contributed by atoms with E-state index in [0.717, 1.165) is 30.6 Å². The minimum atomic E-state index is -0.509. The van der Waals surface area contributed by atoms with Crippen molar-refractivity contribution in [1.29, 1.82) is 0 Å². The van der Waals surface area contributed by atoms with Crippen molar-refractivity contribution in [3.05, 3.63) is 35.4 Å². The van der Waals surface area contributed by atoms with Crippen molar-refractivity contribution >= 4 is 41.9 Å². The Kier molecular flexibility index (Phi) is 11.7. The summed E-state index contributed by atoms with van der Waals surface area (Å²) in [7, 11) is 0. The zero-order valence-electron chi connectivity index (χ0n) is 19.0. The van der Waals surface area contributed by atoms with Crippen LogP contribution < -0.4 is 16.0 Å². The van der Waals surface area contributed by atoms with Crippen molar-refractivity contribution < 1.29 is 14.3 Å². The third-order valence-electron chi connectivity index (χ3n) is 4.39. The number of hydrogen-bond acceptors (Lipinski definition) is 4. The molecule has 1 heterocycles. The van der Waals surface area contributed by atoms with E-state index in [1.54, 1.807) is 0 Å². The molecule has 1 aliphatic rings. The van der Waals surface area contributed by atoms with E-state index in [1.807, 2.05) is 50.8 Å². The van der Waals surface area contributed by atoms with Gasteiger partial charge in [-0.1, -0.05) is 24.3 Å². The highest BCUT2D eigenvalue weighted by molar-refractivity contribution is 14.0. The van der Waals surface area contributed by atoms with Crippen molar-refractivity contribution in [3.8, 4) is 0 Å². The first kappa shape index (κ1) is 27.0. The molecular formula is C22H36IN5O3. The van der Waals surface area contributed by atoms with Gasteiger partial charge < -0.3 is 25.6 Å². The normalized spacial score (nSPS) is 14.1. The molecular weight excluding hydrogens is 509 g/mol. The monoisotopic (exact) mass is 545 g/mol. The van der Waals surface area contributed by atoms with Crippen LogP contribution in [0.25, 0.3) is 0 Å². The number of carbonyl (C=O) groups is 2. The summed E-state index contributed by atoms with van der Waals surface area (Å²) in [5.74, 6) is 0.917. The lowest BCUT2D eigenvalue weighted by molar-refractivity contribution is -0.128. The van der Waals surface area contributed by atoms with Gasteiger partial charge in [-0.15, -0.1) is 24.0 Å². The Hall–Kier alpha value is -2.04. The summed E-state index contributed by atoms with van der Waals surface area (Å²) >= 11 is 0. The number of aliphatic imine (C=N–C) groups is 1. The number of nitrogens with zero attached hydrogens (tertiary/aromatic N) is 2. The van der Waals surface area contributed by atoms with Crippen LogP contribution in [0.2, 0.25) is 0 Å². The van der Waals surface area contributed by atoms with Gasteiger partial charge in [-0.3, -0.25) is 4.79 Å². The fraction of sp³-hybridized carbons (Fsp3) is 0.591. The van der Waals surface area contributed by atoms with Gasteiger partial charge in [0.25, 0.3) is 0 Å². The van der Waals surface area contributed by atoms with Crippen molar-refractivity contribution in [2.24, 2.45) is 4.99 Å². The number of benzene rings is 1.